The second kappa shape index (κ2) is 5.85. The molecule has 0 amide bonds. The van der Waals surface area contributed by atoms with Crippen LogP contribution in [-0.2, 0) is 20.4 Å². The maximum absolute atomic E-state index is 10.9. The third-order valence-electron chi connectivity index (χ3n) is 2.42. The normalized spacial score (nSPS) is 12.6. The molecular weight excluding hydrogens is 260 g/mol. The van der Waals surface area contributed by atoms with Crippen molar-refractivity contribution in [2.45, 2.75) is 32.5 Å². The van der Waals surface area contributed by atoms with E-state index in [2.05, 4.69) is 0 Å². The molecule has 0 saturated carbocycles. The van der Waals surface area contributed by atoms with Crippen LogP contribution in [0.3, 0.4) is 0 Å². The maximum Gasteiger partial charge on any atom is 0.232 e. The summed E-state index contributed by atoms with van der Waals surface area (Å²) in [7, 11) is 1.73. The highest BCUT2D eigenvalue weighted by Gasteiger charge is 2.21. The van der Waals surface area contributed by atoms with Crippen LogP contribution in [0.2, 0.25) is 0 Å². The number of ether oxygens (including phenoxy) is 1. The molecule has 17 heavy (non-hydrogen) atoms. The molecule has 0 unspecified atom stereocenters. The first-order valence-corrected chi connectivity index (χ1v) is 7.87. The Bertz CT molecular complexity index is 440. The molecule has 0 aliphatic carbocycles. The van der Waals surface area contributed by atoms with Gasteiger partial charge in [0.05, 0.1) is 18.0 Å². The molecule has 0 bridgehead atoms. The largest absolute Gasteiger partial charge is 0.371 e. The highest BCUT2D eigenvalue weighted by Crippen LogP contribution is 2.19. The van der Waals surface area contributed by atoms with Gasteiger partial charge in [0.1, 0.15) is 0 Å². The molecule has 1 aromatic carbocycles. The molecule has 0 N–H and O–H groups in total. The van der Waals surface area contributed by atoms with E-state index in [1.54, 1.807) is 0 Å². The van der Waals surface area contributed by atoms with Crippen molar-refractivity contribution < 1.29 is 13.2 Å². The predicted octanol–water partition coefficient (Wildman–Crippen LogP) is 2.94. The smallest absolute Gasteiger partial charge is 0.232 e. The molecule has 0 atom stereocenters. The average Bonchev–Trinajstić information content (AvgIpc) is 2.25. The first kappa shape index (κ1) is 14.5. The van der Waals surface area contributed by atoms with E-state index < -0.39 is 14.7 Å². The Kier molecular flexibility index (Phi) is 4.98. The van der Waals surface area contributed by atoms with Crippen LogP contribution < -0.4 is 0 Å². The zero-order chi connectivity index (χ0) is 12.9. The standard InChI is InChI=1S/C12H17ClO3S/c1-12(2,8-9-17(13,14)15)16-10-11-6-4-3-5-7-11/h3-7H,8-10H2,1-2H3. The Hall–Kier alpha value is -0.580. The van der Waals surface area contributed by atoms with Crippen molar-refractivity contribution in [2.24, 2.45) is 0 Å². The molecule has 0 fully saturated rings. The summed E-state index contributed by atoms with van der Waals surface area (Å²) in [5.74, 6) is -0.0731. The van der Waals surface area contributed by atoms with Crippen LogP contribution >= 0.6 is 10.7 Å². The second-order valence-corrected chi connectivity index (χ2v) is 7.42. The summed E-state index contributed by atoms with van der Waals surface area (Å²) >= 11 is 0. The number of hydrogen-bond donors (Lipinski definition) is 0. The quantitative estimate of drug-likeness (QED) is 0.751. The van der Waals surface area contributed by atoms with Gasteiger partial charge in [0.25, 0.3) is 0 Å². The number of benzene rings is 1. The number of rotatable bonds is 6. The Morgan fingerprint density at radius 3 is 2.35 bits per heavy atom. The molecule has 1 aromatic rings. The van der Waals surface area contributed by atoms with Crippen LogP contribution in [0.1, 0.15) is 25.8 Å². The molecular formula is C12H17ClO3S. The van der Waals surface area contributed by atoms with Crippen molar-refractivity contribution in [3.8, 4) is 0 Å². The van der Waals surface area contributed by atoms with Crippen molar-refractivity contribution in [1.29, 1.82) is 0 Å². The summed E-state index contributed by atoms with van der Waals surface area (Å²) in [6.07, 6.45) is 0.381. The molecule has 0 saturated heterocycles. The second-order valence-electron chi connectivity index (χ2n) is 4.53. The van der Waals surface area contributed by atoms with Crippen LogP contribution in [-0.4, -0.2) is 19.8 Å². The van der Waals surface area contributed by atoms with Gasteiger partial charge >= 0.3 is 0 Å². The van der Waals surface area contributed by atoms with Gasteiger partial charge in [-0.05, 0) is 25.8 Å². The summed E-state index contributed by atoms with van der Waals surface area (Å²) in [5, 5.41) is 0. The minimum Gasteiger partial charge on any atom is -0.371 e. The van der Waals surface area contributed by atoms with Crippen LogP contribution in [0.4, 0.5) is 0 Å². The van der Waals surface area contributed by atoms with Gasteiger partial charge in [-0.3, -0.25) is 0 Å². The van der Waals surface area contributed by atoms with E-state index in [9.17, 15) is 8.42 Å². The monoisotopic (exact) mass is 276 g/mol. The molecule has 0 spiro atoms. The van der Waals surface area contributed by atoms with E-state index >= 15 is 0 Å². The van der Waals surface area contributed by atoms with E-state index in [1.165, 1.54) is 0 Å². The fourth-order valence-corrected chi connectivity index (χ4v) is 2.26. The first-order chi connectivity index (χ1) is 7.79. The molecule has 0 radical (unpaired) electrons. The van der Waals surface area contributed by atoms with Crippen LogP contribution in [0.25, 0.3) is 0 Å². The van der Waals surface area contributed by atoms with Crippen molar-refractivity contribution in [2.75, 3.05) is 5.75 Å². The van der Waals surface area contributed by atoms with E-state index in [4.69, 9.17) is 15.4 Å². The van der Waals surface area contributed by atoms with Gasteiger partial charge in [0.15, 0.2) is 0 Å². The minimum atomic E-state index is -3.45. The van der Waals surface area contributed by atoms with Crippen LogP contribution in [0.5, 0.6) is 0 Å². The van der Waals surface area contributed by atoms with Crippen LogP contribution in [0, 0.1) is 0 Å². The summed E-state index contributed by atoms with van der Waals surface area (Å²) in [4.78, 5) is 0. The van der Waals surface area contributed by atoms with E-state index in [1.807, 2.05) is 44.2 Å². The lowest BCUT2D eigenvalue weighted by molar-refractivity contribution is -0.0310. The Labute approximate surface area is 107 Å². The van der Waals surface area contributed by atoms with E-state index in [0.29, 0.717) is 13.0 Å². The van der Waals surface area contributed by atoms with Crippen molar-refractivity contribution in [3.63, 3.8) is 0 Å². The van der Waals surface area contributed by atoms with Crippen LogP contribution in [0.15, 0.2) is 30.3 Å². The number of hydrogen-bond acceptors (Lipinski definition) is 3. The molecule has 0 aromatic heterocycles. The van der Waals surface area contributed by atoms with Gasteiger partial charge in [-0.25, -0.2) is 8.42 Å². The van der Waals surface area contributed by atoms with E-state index in [-0.39, 0.29) is 5.75 Å². The molecule has 0 aliphatic rings. The lowest BCUT2D eigenvalue weighted by atomic mass is 10.1. The first-order valence-electron chi connectivity index (χ1n) is 5.39. The van der Waals surface area contributed by atoms with Gasteiger partial charge in [-0.1, -0.05) is 30.3 Å². The maximum atomic E-state index is 10.9. The van der Waals surface area contributed by atoms with Gasteiger partial charge in [-0.2, -0.15) is 0 Å². The summed E-state index contributed by atoms with van der Waals surface area (Å²) in [5.41, 5.74) is 0.562. The van der Waals surface area contributed by atoms with Crippen molar-refractivity contribution in [1.82, 2.24) is 0 Å². The van der Waals surface area contributed by atoms with Crippen molar-refractivity contribution in [3.05, 3.63) is 35.9 Å². The predicted molar refractivity (Wildman–Crippen MR) is 69.6 cm³/mol. The summed E-state index contributed by atoms with van der Waals surface area (Å²) < 4.78 is 27.4. The molecule has 1 rings (SSSR count). The minimum absolute atomic E-state index is 0.0731. The molecule has 5 heteroatoms. The molecule has 96 valence electrons. The number of halogens is 1. The fourth-order valence-electron chi connectivity index (χ4n) is 1.29. The molecule has 3 nitrogen and oxygen atoms in total. The average molecular weight is 277 g/mol. The topological polar surface area (TPSA) is 43.4 Å². The Morgan fingerprint density at radius 2 is 1.82 bits per heavy atom. The summed E-state index contributed by atoms with van der Waals surface area (Å²) in [6, 6.07) is 9.75. The Morgan fingerprint density at radius 1 is 1.24 bits per heavy atom. The van der Waals surface area contributed by atoms with E-state index in [0.717, 1.165) is 5.56 Å². The molecule has 0 heterocycles. The van der Waals surface area contributed by atoms with Gasteiger partial charge in [0, 0.05) is 10.7 Å². The third-order valence-corrected chi connectivity index (χ3v) is 3.58. The van der Waals surface area contributed by atoms with Gasteiger partial charge < -0.3 is 4.74 Å². The van der Waals surface area contributed by atoms with Crippen molar-refractivity contribution >= 4 is 19.7 Å². The third kappa shape index (κ3) is 6.66. The lowest BCUT2D eigenvalue weighted by Gasteiger charge is -2.24. The highest BCUT2D eigenvalue weighted by molar-refractivity contribution is 8.13. The van der Waals surface area contributed by atoms with Gasteiger partial charge in [0.2, 0.25) is 9.05 Å². The zero-order valence-corrected chi connectivity index (χ0v) is 11.6. The fraction of sp³-hybridized carbons (Fsp3) is 0.500. The SMILES string of the molecule is CC(C)(CCS(=O)(=O)Cl)OCc1ccccc1. The lowest BCUT2D eigenvalue weighted by Crippen LogP contribution is -2.26. The molecule has 0 aliphatic heterocycles. The van der Waals surface area contributed by atoms with Gasteiger partial charge in [-0.15, -0.1) is 0 Å². The summed E-state index contributed by atoms with van der Waals surface area (Å²) in [6.45, 7) is 4.19. The zero-order valence-electron chi connectivity index (χ0n) is 10.0. The highest BCUT2D eigenvalue weighted by atomic mass is 35.7. The Balaban J connectivity index is 2.45.